The molecule has 1 aliphatic rings. The standard InChI is InChI=1S/C31H32FN5O2.2ClH/c1-20-28(19-39-30(38)27(33)18-22-8-4-3-5-9-22)35-31(34-25-14-12-24(32)13-15-25)36-29(20)37-17-16-23-10-6-7-11-26(23)21(37)2;;/h3-15,21,27H,16-19,33H2,1-2H3,(H,34,35,36);2*1H/t21?,27-;;/m0../s1. The molecular weight excluding hydrogens is 564 g/mol. The zero-order valence-electron chi connectivity index (χ0n) is 22.9. The summed E-state index contributed by atoms with van der Waals surface area (Å²) in [6.45, 7) is 4.85. The minimum absolute atomic E-state index is 0. The van der Waals surface area contributed by atoms with Crippen LogP contribution in [0, 0.1) is 12.7 Å². The van der Waals surface area contributed by atoms with Gasteiger partial charge >= 0.3 is 5.97 Å². The van der Waals surface area contributed by atoms with Crippen LogP contribution in [0.3, 0.4) is 0 Å². The lowest BCUT2D eigenvalue weighted by atomic mass is 9.93. The molecule has 3 N–H and O–H groups in total. The Morgan fingerprint density at radius 1 is 1.05 bits per heavy atom. The van der Waals surface area contributed by atoms with Crippen LogP contribution in [0.2, 0.25) is 0 Å². The molecule has 1 aliphatic heterocycles. The average molecular weight is 599 g/mol. The molecule has 0 aliphatic carbocycles. The Labute approximate surface area is 252 Å². The molecule has 0 spiro atoms. The molecule has 7 nitrogen and oxygen atoms in total. The van der Waals surface area contributed by atoms with Crippen LogP contribution in [0.4, 0.5) is 21.8 Å². The lowest BCUT2D eigenvalue weighted by Gasteiger charge is -2.37. The summed E-state index contributed by atoms with van der Waals surface area (Å²) in [5.74, 6) is 0.280. The predicted molar refractivity (Wildman–Crippen MR) is 165 cm³/mol. The van der Waals surface area contributed by atoms with Crippen molar-refractivity contribution in [3.8, 4) is 0 Å². The summed E-state index contributed by atoms with van der Waals surface area (Å²) in [4.78, 5) is 24.5. The van der Waals surface area contributed by atoms with E-state index in [2.05, 4.69) is 46.4 Å². The number of carbonyl (C=O) groups is 1. The fourth-order valence-electron chi connectivity index (χ4n) is 4.95. The van der Waals surface area contributed by atoms with Gasteiger partial charge in [0, 0.05) is 17.8 Å². The smallest absolute Gasteiger partial charge is 0.323 e. The van der Waals surface area contributed by atoms with Gasteiger partial charge < -0.3 is 20.7 Å². The van der Waals surface area contributed by atoms with Crippen LogP contribution in [0.1, 0.15) is 40.9 Å². The molecule has 0 amide bonds. The Balaban J connectivity index is 0.00000231. The highest BCUT2D eigenvalue weighted by Crippen LogP contribution is 2.35. The molecular formula is C31H34Cl2FN5O2. The fraction of sp³-hybridized carbons (Fsp3) is 0.258. The van der Waals surface area contributed by atoms with Gasteiger partial charge in [-0.05, 0) is 67.6 Å². The number of halogens is 3. The van der Waals surface area contributed by atoms with E-state index < -0.39 is 12.0 Å². The number of aromatic nitrogens is 2. The second-order valence-corrected chi connectivity index (χ2v) is 9.80. The summed E-state index contributed by atoms with van der Waals surface area (Å²) in [6, 6.07) is 23.3. The second kappa shape index (κ2) is 14.3. The van der Waals surface area contributed by atoms with Crippen molar-refractivity contribution in [3.05, 3.63) is 113 Å². The van der Waals surface area contributed by atoms with Crippen molar-refractivity contribution in [3.63, 3.8) is 0 Å². The molecule has 0 saturated carbocycles. The van der Waals surface area contributed by atoms with E-state index in [0.717, 1.165) is 29.9 Å². The van der Waals surface area contributed by atoms with Gasteiger partial charge in [0.1, 0.15) is 24.3 Å². The second-order valence-electron chi connectivity index (χ2n) is 9.80. The summed E-state index contributed by atoms with van der Waals surface area (Å²) < 4.78 is 19.1. The van der Waals surface area contributed by atoms with Crippen molar-refractivity contribution in [2.24, 2.45) is 5.73 Å². The largest absolute Gasteiger partial charge is 0.458 e. The maximum atomic E-state index is 13.5. The van der Waals surface area contributed by atoms with Crippen molar-refractivity contribution in [1.29, 1.82) is 0 Å². The predicted octanol–water partition coefficient (Wildman–Crippen LogP) is 6.25. The highest BCUT2D eigenvalue weighted by molar-refractivity contribution is 5.85. The molecule has 216 valence electrons. The first-order valence-electron chi connectivity index (χ1n) is 13.1. The Morgan fingerprint density at radius 3 is 2.46 bits per heavy atom. The molecule has 5 rings (SSSR count). The van der Waals surface area contributed by atoms with Crippen molar-refractivity contribution >= 4 is 48.2 Å². The van der Waals surface area contributed by atoms with Gasteiger partial charge in [-0.25, -0.2) is 9.37 Å². The molecule has 4 aromatic rings. The van der Waals surface area contributed by atoms with Crippen molar-refractivity contribution in [2.75, 3.05) is 16.8 Å². The molecule has 0 fully saturated rings. The number of nitrogens with zero attached hydrogens (tertiary/aromatic N) is 3. The molecule has 0 saturated heterocycles. The Bertz CT molecular complexity index is 1460. The van der Waals surface area contributed by atoms with Crippen LogP contribution < -0.4 is 16.0 Å². The van der Waals surface area contributed by atoms with Crippen LogP contribution in [0.25, 0.3) is 0 Å². The van der Waals surface area contributed by atoms with Crippen LogP contribution in [-0.4, -0.2) is 28.5 Å². The maximum Gasteiger partial charge on any atom is 0.323 e. The van der Waals surface area contributed by atoms with Gasteiger partial charge in [-0.3, -0.25) is 4.79 Å². The van der Waals surface area contributed by atoms with Crippen molar-refractivity contribution in [2.45, 2.75) is 45.4 Å². The summed E-state index contributed by atoms with van der Waals surface area (Å²) in [7, 11) is 0. The third-order valence-corrected chi connectivity index (χ3v) is 7.14. The Kier molecular flexibility index (Phi) is 11.1. The molecule has 2 heterocycles. The van der Waals surface area contributed by atoms with E-state index >= 15 is 0 Å². The SMILES string of the molecule is Cc1c(COC(=O)[C@@H](N)Cc2ccccc2)nc(Nc2ccc(F)cc2)nc1N1CCc2ccccc2C1C.Cl.Cl. The topological polar surface area (TPSA) is 93.4 Å². The number of hydrogen-bond donors (Lipinski definition) is 2. The van der Waals surface area contributed by atoms with Gasteiger partial charge in [-0.15, -0.1) is 24.8 Å². The van der Waals surface area contributed by atoms with E-state index in [1.165, 1.54) is 23.3 Å². The summed E-state index contributed by atoms with van der Waals surface area (Å²) in [5.41, 5.74) is 11.8. The van der Waals surface area contributed by atoms with Gasteiger partial charge in [0.15, 0.2) is 0 Å². The third-order valence-electron chi connectivity index (χ3n) is 7.14. The zero-order chi connectivity index (χ0) is 27.4. The number of hydrogen-bond acceptors (Lipinski definition) is 7. The number of esters is 1. The first-order valence-corrected chi connectivity index (χ1v) is 13.1. The third kappa shape index (κ3) is 7.52. The lowest BCUT2D eigenvalue weighted by Crippen LogP contribution is -2.36. The molecule has 3 aromatic carbocycles. The maximum absolute atomic E-state index is 13.5. The minimum Gasteiger partial charge on any atom is -0.458 e. The van der Waals surface area contributed by atoms with Crippen LogP contribution >= 0.6 is 24.8 Å². The molecule has 0 radical (unpaired) electrons. The summed E-state index contributed by atoms with van der Waals surface area (Å²) in [6.07, 6.45) is 1.28. The minimum atomic E-state index is -0.788. The van der Waals surface area contributed by atoms with Crippen LogP contribution in [0.15, 0.2) is 78.9 Å². The first kappa shape index (κ1) is 31.8. The highest BCUT2D eigenvalue weighted by Gasteiger charge is 2.28. The molecule has 1 unspecified atom stereocenters. The van der Waals surface area contributed by atoms with Gasteiger partial charge in [0.2, 0.25) is 5.95 Å². The highest BCUT2D eigenvalue weighted by atomic mass is 35.5. The number of fused-ring (bicyclic) bond motifs is 1. The zero-order valence-corrected chi connectivity index (χ0v) is 24.6. The number of rotatable bonds is 8. The van der Waals surface area contributed by atoms with E-state index in [1.807, 2.05) is 37.3 Å². The fourth-order valence-corrected chi connectivity index (χ4v) is 4.95. The quantitative estimate of drug-likeness (QED) is 0.232. The normalized spacial score (nSPS) is 14.6. The molecule has 2 atom stereocenters. The number of anilines is 3. The van der Waals surface area contributed by atoms with Gasteiger partial charge in [0.05, 0.1) is 11.7 Å². The van der Waals surface area contributed by atoms with Crippen LogP contribution in [0.5, 0.6) is 0 Å². The molecule has 1 aromatic heterocycles. The summed E-state index contributed by atoms with van der Waals surface area (Å²) in [5, 5.41) is 3.17. The molecule has 41 heavy (non-hydrogen) atoms. The van der Waals surface area contributed by atoms with Gasteiger partial charge in [-0.2, -0.15) is 4.98 Å². The molecule has 10 heteroatoms. The molecule has 0 bridgehead atoms. The van der Waals surface area contributed by atoms with E-state index in [4.69, 9.17) is 15.5 Å². The van der Waals surface area contributed by atoms with E-state index in [9.17, 15) is 9.18 Å². The van der Waals surface area contributed by atoms with Gasteiger partial charge in [-0.1, -0.05) is 54.6 Å². The number of benzene rings is 3. The monoisotopic (exact) mass is 597 g/mol. The number of ether oxygens (including phenoxy) is 1. The van der Waals surface area contributed by atoms with Crippen molar-refractivity contribution in [1.82, 2.24) is 9.97 Å². The number of carbonyl (C=O) groups excluding carboxylic acids is 1. The van der Waals surface area contributed by atoms with Crippen LogP contribution in [-0.2, 0) is 29.0 Å². The Morgan fingerprint density at radius 2 is 1.73 bits per heavy atom. The lowest BCUT2D eigenvalue weighted by molar-refractivity contribution is -0.146. The first-order chi connectivity index (χ1) is 18.9. The van der Waals surface area contributed by atoms with E-state index in [-0.39, 0.29) is 43.3 Å². The van der Waals surface area contributed by atoms with E-state index in [1.54, 1.807) is 12.1 Å². The number of nitrogens with one attached hydrogen (secondary N) is 1. The average Bonchev–Trinajstić information content (AvgIpc) is 2.95. The van der Waals surface area contributed by atoms with Crippen molar-refractivity contribution < 1.29 is 13.9 Å². The number of nitrogens with two attached hydrogens (primary N) is 1. The summed E-state index contributed by atoms with van der Waals surface area (Å²) >= 11 is 0. The Hall–Kier alpha value is -3.72. The van der Waals surface area contributed by atoms with E-state index in [0.29, 0.717) is 23.8 Å². The van der Waals surface area contributed by atoms with Gasteiger partial charge in [0.25, 0.3) is 0 Å².